The van der Waals surface area contributed by atoms with Crippen LogP contribution in [0.15, 0.2) is 120 Å². The number of carbonyl (C=O) groups is 2. The molecule has 4 rings (SSSR count). The summed E-state index contributed by atoms with van der Waals surface area (Å²) in [4.78, 5) is 33.8. The number of thiocarbonyl (C=S) groups is 2. The summed E-state index contributed by atoms with van der Waals surface area (Å²) in [5.74, 6) is 0.539. The van der Waals surface area contributed by atoms with Gasteiger partial charge in [0.2, 0.25) is 0 Å². The molecule has 2 atom stereocenters. The SMILES string of the molecule is CC(C#N)(CCC(=O)OCCOCCOCCOCCSSc1ccccn1)SC(=S)c1ccccc1.OCCOCCOCCOCCSSc1ccccn1.[C-]#[N+]C(C)(CCC(=O)O)SC(=S)c1ccccc1. The van der Waals surface area contributed by atoms with Crippen LogP contribution in [0, 0.1) is 17.9 Å². The molecular weight excluding hydrogens is 1110 g/mol. The van der Waals surface area contributed by atoms with Crippen molar-refractivity contribution in [3.05, 3.63) is 132 Å². The molecule has 0 bridgehead atoms. The molecule has 0 fully saturated rings. The zero-order valence-corrected chi connectivity index (χ0v) is 48.7. The quantitative estimate of drug-likeness (QED) is 0.0142. The molecule has 0 saturated carbocycles. The predicted molar refractivity (Wildman–Crippen MR) is 315 cm³/mol. The molecule has 0 radical (unpaired) electrons. The van der Waals surface area contributed by atoms with Crippen LogP contribution in [0.4, 0.5) is 0 Å². The maximum Gasteiger partial charge on any atom is 0.305 e. The first-order valence-corrected chi connectivity index (χ1v) is 30.7. The van der Waals surface area contributed by atoms with Gasteiger partial charge in [-0.2, -0.15) is 5.26 Å². The smallest absolute Gasteiger partial charge is 0.305 e. The molecule has 0 spiro atoms. The average molecular weight is 1180 g/mol. The number of aliphatic hydroxyl groups is 1. The highest BCUT2D eigenvalue weighted by molar-refractivity contribution is 8.77. The number of hydrogen-bond acceptors (Lipinski definition) is 21. The van der Waals surface area contributed by atoms with Crippen LogP contribution >= 0.6 is 91.1 Å². The summed E-state index contributed by atoms with van der Waals surface area (Å²) in [7, 11) is 6.73. The zero-order chi connectivity index (χ0) is 54.5. The predicted octanol–water partition coefficient (Wildman–Crippen LogP) is 11.0. The van der Waals surface area contributed by atoms with Gasteiger partial charge in [-0.25, -0.2) is 16.5 Å². The van der Waals surface area contributed by atoms with Crippen molar-refractivity contribution in [2.45, 2.75) is 59.2 Å². The van der Waals surface area contributed by atoms with Crippen molar-refractivity contribution in [3.63, 3.8) is 0 Å². The molecule has 2 unspecified atom stereocenters. The lowest BCUT2D eigenvalue weighted by Crippen LogP contribution is -2.22. The summed E-state index contributed by atoms with van der Waals surface area (Å²) in [5.41, 5.74) is 1.79. The molecule has 408 valence electrons. The molecule has 2 aromatic heterocycles. The second-order valence-electron chi connectivity index (χ2n) is 15.3. The Morgan fingerprint density at radius 1 is 0.613 bits per heavy atom. The third-order valence-corrected chi connectivity index (χ3v) is 16.9. The Hall–Kier alpha value is -3.34. The number of carboxylic acids is 1. The van der Waals surface area contributed by atoms with Crippen molar-refractivity contribution in [1.29, 1.82) is 5.26 Å². The van der Waals surface area contributed by atoms with Crippen molar-refractivity contribution in [1.82, 2.24) is 9.97 Å². The minimum absolute atomic E-state index is 0.0245. The number of thioether (sulfide) groups is 2. The van der Waals surface area contributed by atoms with Gasteiger partial charge in [-0.05, 0) is 82.1 Å². The lowest BCUT2D eigenvalue weighted by molar-refractivity contribution is -0.145. The lowest BCUT2D eigenvalue weighted by Gasteiger charge is -2.20. The number of nitriles is 1. The first-order valence-electron chi connectivity index (χ1n) is 23.6. The van der Waals surface area contributed by atoms with Gasteiger partial charge in [0.15, 0.2) is 0 Å². The highest BCUT2D eigenvalue weighted by Crippen LogP contribution is 2.35. The highest BCUT2D eigenvalue weighted by Gasteiger charge is 2.34. The van der Waals surface area contributed by atoms with Crippen LogP contribution in [0.5, 0.6) is 0 Å². The van der Waals surface area contributed by atoms with E-state index in [4.69, 9.17) is 74.4 Å². The lowest BCUT2D eigenvalue weighted by atomic mass is 10.1. The Kier molecular flexibility index (Phi) is 40.3. The molecule has 2 aromatic carbocycles. The van der Waals surface area contributed by atoms with Gasteiger partial charge in [0.1, 0.15) is 21.4 Å². The Labute approximate surface area is 477 Å². The van der Waals surface area contributed by atoms with Crippen LogP contribution in [0.3, 0.4) is 0 Å². The van der Waals surface area contributed by atoms with Crippen molar-refractivity contribution in [2.75, 3.05) is 104 Å². The summed E-state index contributed by atoms with van der Waals surface area (Å²) in [6.45, 7) is 17.0. The second-order valence-corrected chi connectivity index (χ2v) is 24.5. The summed E-state index contributed by atoms with van der Waals surface area (Å²) >= 11 is 13.3. The number of carbonyl (C=O) groups excluding carboxylic acids is 1. The molecule has 2 N–H and O–H groups in total. The monoisotopic (exact) mass is 1180 g/mol. The number of pyridine rings is 2. The fourth-order valence-corrected chi connectivity index (χ4v) is 11.9. The number of ether oxygens (including phenoxy) is 7. The first kappa shape index (κ1) is 67.8. The molecule has 75 heavy (non-hydrogen) atoms. The third kappa shape index (κ3) is 36.4. The largest absolute Gasteiger partial charge is 0.481 e. The average Bonchev–Trinajstić information content (AvgIpc) is 3.43. The first-order chi connectivity index (χ1) is 36.4. The molecule has 23 heteroatoms. The number of aromatic nitrogens is 2. The van der Waals surface area contributed by atoms with E-state index in [0.717, 1.165) is 32.7 Å². The van der Waals surface area contributed by atoms with E-state index in [9.17, 15) is 14.9 Å². The number of benzene rings is 2. The number of rotatable bonds is 37. The third-order valence-electron chi connectivity index (χ3n) is 9.13. The van der Waals surface area contributed by atoms with Gasteiger partial charge in [-0.3, -0.25) is 14.4 Å². The van der Waals surface area contributed by atoms with Crippen LogP contribution in [0.2, 0.25) is 0 Å². The number of carboxylic acid groups (broad SMARTS) is 1. The topological polar surface area (TPSA) is 193 Å². The Morgan fingerprint density at radius 3 is 1.45 bits per heavy atom. The van der Waals surface area contributed by atoms with Gasteiger partial charge >= 0.3 is 11.9 Å². The fraction of sp³-hybridized carbons (Fsp3) is 0.462. The molecule has 0 saturated heterocycles. The molecule has 0 amide bonds. The van der Waals surface area contributed by atoms with E-state index in [1.807, 2.05) is 97.1 Å². The van der Waals surface area contributed by atoms with Crippen molar-refractivity contribution < 1.29 is 53.0 Å². The van der Waals surface area contributed by atoms with E-state index in [0.29, 0.717) is 94.1 Å². The standard InChI is InChI=1S/C26H32N2O5S4.C13H21NO4S2.C13H13NO2S2/c1-26(21-27,36-25(34)22-7-3-2-4-8-22)11-10-24(29)33-18-17-31-14-13-30-15-16-32-19-20-35-37-23-9-5-6-12-28-23;15-5-6-16-7-8-17-9-10-18-11-12-19-20-13-3-1-2-4-14-13;1-13(14-2,9-8-11(15)16)18-12(17)10-6-4-3-5-7-10/h2-9,12H,10-11,13-20H2,1H3;1-4,15H,5-12H2;3-7H,8-9H2,1H3,(H,15,16). The van der Waals surface area contributed by atoms with E-state index in [2.05, 4.69) is 20.9 Å². The Balaban J connectivity index is 0.000000425. The zero-order valence-electron chi connectivity index (χ0n) is 42.2. The van der Waals surface area contributed by atoms with E-state index in [1.54, 1.807) is 69.4 Å². The summed E-state index contributed by atoms with van der Waals surface area (Å²) in [6, 6.07) is 33.0. The van der Waals surface area contributed by atoms with Gasteiger partial charge < -0.3 is 43.4 Å². The van der Waals surface area contributed by atoms with Crippen LogP contribution in [0.1, 0.15) is 50.7 Å². The molecule has 0 aliphatic heterocycles. The van der Waals surface area contributed by atoms with E-state index < -0.39 is 15.6 Å². The number of aliphatic carboxylic acids is 1. The van der Waals surface area contributed by atoms with Crippen LogP contribution in [-0.2, 0) is 42.7 Å². The van der Waals surface area contributed by atoms with Gasteiger partial charge in [0.25, 0.3) is 4.87 Å². The molecular formula is C52H66N4O11S8. The van der Waals surface area contributed by atoms with Crippen molar-refractivity contribution in [2.24, 2.45) is 0 Å². The van der Waals surface area contributed by atoms with Crippen molar-refractivity contribution in [3.8, 4) is 6.07 Å². The van der Waals surface area contributed by atoms with E-state index >= 15 is 0 Å². The second kappa shape index (κ2) is 44.6. The number of aliphatic hydroxyl groups excluding tert-OH is 1. The van der Waals surface area contributed by atoms with Gasteiger partial charge in [0, 0.05) is 43.7 Å². The van der Waals surface area contributed by atoms with Crippen LogP contribution in [0.25, 0.3) is 4.85 Å². The maximum absolute atomic E-state index is 12.1. The molecule has 2 heterocycles. The summed E-state index contributed by atoms with van der Waals surface area (Å²) in [6.07, 6.45) is 4.31. The summed E-state index contributed by atoms with van der Waals surface area (Å²) < 4.78 is 37.9. The molecule has 0 aliphatic rings. The van der Waals surface area contributed by atoms with Crippen LogP contribution in [-0.4, -0.2) is 154 Å². The normalized spacial score (nSPS) is 12.2. The molecule has 0 aliphatic carbocycles. The number of hydrogen-bond donors (Lipinski definition) is 2. The van der Waals surface area contributed by atoms with Gasteiger partial charge in [-0.1, -0.05) is 131 Å². The fourth-order valence-electron chi connectivity index (χ4n) is 5.23. The number of esters is 1. The summed E-state index contributed by atoms with van der Waals surface area (Å²) in [5, 5.41) is 28.8. The Bertz CT molecular complexity index is 2220. The molecule has 4 aromatic rings. The molecule has 15 nitrogen and oxygen atoms in total. The minimum atomic E-state index is -0.892. The van der Waals surface area contributed by atoms with Gasteiger partial charge in [-0.15, -0.1) is 0 Å². The highest BCUT2D eigenvalue weighted by atomic mass is 33.1. The van der Waals surface area contributed by atoms with Crippen LogP contribution < -0.4 is 0 Å². The number of nitrogens with zero attached hydrogens (tertiary/aromatic N) is 4. The Morgan fingerprint density at radius 2 is 1.04 bits per heavy atom. The maximum atomic E-state index is 12.1. The van der Waals surface area contributed by atoms with E-state index in [1.165, 1.54) is 23.5 Å². The van der Waals surface area contributed by atoms with Gasteiger partial charge in [0.05, 0.1) is 107 Å². The van der Waals surface area contributed by atoms with E-state index in [-0.39, 0.29) is 38.4 Å². The van der Waals surface area contributed by atoms with Crippen molar-refractivity contribution >= 4 is 111 Å². The minimum Gasteiger partial charge on any atom is -0.481 e.